The Morgan fingerprint density at radius 3 is 2.76 bits per heavy atom. The highest BCUT2D eigenvalue weighted by atomic mass is 16.5. The summed E-state index contributed by atoms with van der Waals surface area (Å²) in [5.74, 6) is -0.123. The molecule has 1 N–H and O–H groups in total. The summed E-state index contributed by atoms with van der Waals surface area (Å²) in [7, 11) is 3.74. The van der Waals surface area contributed by atoms with Gasteiger partial charge >= 0.3 is 5.97 Å². The molecule has 1 heterocycles. The molecule has 0 amide bonds. The SMILES string of the molecule is COc1cccc2c1N(C)C1CCCCCC1C2C(=O)O. The van der Waals surface area contributed by atoms with Crippen LogP contribution in [-0.4, -0.2) is 31.3 Å². The molecule has 1 aliphatic heterocycles. The fraction of sp³-hybridized carbons (Fsp3) is 0.588. The Morgan fingerprint density at radius 2 is 2.05 bits per heavy atom. The van der Waals surface area contributed by atoms with Crippen LogP contribution in [0.25, 0.3) is 0 Å². The van der Waals surface area contributed by atoms with Crippen molar-refractivity contribution in [2.45, 2.75) is 44.1 Å². The smallest absolute Gasteiger partial charge is 0.311 e. The molecule has 1 saturated carbocycles. The van der Waals surface area contributed by atoms with Gasteiger partial charge in [0.25, 0.3) is 0 Å². The predicted octanol–water partition coefficient (Wildman–Crippen LogP) is 3.26. The third kappa shape index (κ3) is 2.27. The Labute approximate surface area is 125 Å². The molecule has 1 aromatic rings. The lowest BCUT2D eigenvalue weighted by molar-refractivity contribution is -0.140. The first-order chi connectivity index (χ1) is 10.1. The van der Waals surface area contributed by atoms with Gasteiger partial charge in [0.2, 0.25) is 0 Å². The van der Waals surface area contributed by atoms with E-state index < -0.39 is 11.9 Å². The summed E-state index contributed by atoms with van der Waals surface area (Å²) in [6, 6.07) is 6.08. The van der Waals surface area contributed by atoms with Crippen LogP contribution in [0.1, 0.15) is 43.6 Å². The second-order valence-electron chi connectivity index (χ2n) is 6.19. The number of hydrogen-bond donors (Lipinski definition) is 1. The van der Waals surface area contributed by atoms with Gasteiger partial charge in [-0.15, -0.1) is 0 Å². The van der Waals surface area contributed by atoms with Gasteiger partial charge in [0.05, 0.1) is 18.7 Å². The van der Waals surface area contributed by atoms with Crippen LogP contribution >= 0.6 is 0 Å². The van der Waals surface area contributed by atoms with Crippen molar-refractivity contribution < 1.29 is 14.6 Å². The molecular formula is C17H23NO3. The van der Waals surface area contributed by atoms with Gasteiger partial charge in [-0.3, -0.25) is 4.79 Å². The molecule has 0 aromatic heterocycles. The van der Waals surface area contributed by atoms with E-state index in [-0.39, 0.29) is 5.92 Å². The Kier molecular flexibility index (Phi) is 3.79. The Balaban J connectivity index is 2.15. The molecule has 0 radical (unpaired) electrons. The first-order valence-electron chi connectivity index (χ1n) is 7.77. The number of benzene rings is 1. The third-order valence-electron chi connectivity index (χ3n) is 5.16. The van der Waals surface area contributed by atoms with Gasteiger partial charge in [0.1, 0.15) is 5.75 Å². The summed E-state index contributed by atoms with van der Waals surface area (Å²) >= 11 is 0. The standard InChI is InChI=1S/C17H23NO3/c1-18-13-9-5-3-4-7-11(13)15(17(19)20)12-8-6-10-14(21-2)16(12)18/h6,8,10-11,13,15H,3-5,7,9H2,1-2H3,(H,19,20). The van der Waals surface area contributed by atoms with Gasteiger partial charge in [-0.05, 0) is 30.4 Å². The predicted molar refractivity (Wildman–Crippen MR) is 82.1 cm³/mol. The van der Waals surface area contributed by atoms with Crippen LogP contribution in [0.3, 0.4) is 0 Å². The number of nitrogens with zero attached hydrogens (tertiary/aromatic N) is 1. The zero-order chi connectivity index (χ0) is 15.0. The van der Waals surface area contributed by atoms with E-state index in [0.29, 0.717) is 6.04 Å². The Morgan fingerprint density at radius 1 is 1.29 bits per heavy atom. The van der Waals surface area contributed by atoms with Crippen LogP contribution in [0.2, 0.25) is 0 Å². The van der Waals surface area contributed by atoms with Crippen molar-refractivity contribution in [2.75, 3.05) is 19.1 Å². The minimum absolute atomic E-state index is 0.203. The molecule has 1 aromatic carbocycles. The number of aliphatic carboxylic acids is 1. The quantitative estimate of drug-likeness (QED) is 0.908. The normalized spacial score (nSPS) is 28.3. The van der Waals surface area contributed by atoms with Crippen LogP contribution in [-0.2, 0) is 4.79 Å². The maximum absolute atomic E-state index is 11.9. The van der Waals surface area contributed by atoms with Crippen LogP contribution in [0.4, 0.5) is 5.69 Å². The van der Waals surface area contributed by atoms with Gasteiger partial charge in [-0.1, -0.05) is 31.4 Å². The van der Waals surface area contributed by atoms with Crippen LogP contribution in [0.5, 0.6) is 5.75 Å². The molecule has 0 saturated heterocycles. The molecule has 1 aliphatic carbocycles. The van der Waals surface area contributed by atoms with Crippen molar-refractivity contribution >= 4 is 11.7 Å². The van der Waals surface area contributed by atoms with Crippen molar-refractivity contribution in [3.05, 3.63) is 23.8 Å². The largest absolute Gasteiger partial charge is 0.495 e. The van der Waals surface area contributed by atoms with Crippen molar-refractivity contribution in [2.24, 2.45) is 5.92 Å². The number of carbonyl (C=O) groups is 1. The highest BCUT2D eigenvalue weighted by molar-refractivity contribution is 5.83. The second kappa shape index (κ2) is 5.58. The number of ether oxygens (including phenoxy) is 1. The molecule has 1 fully saturated rings. The first-order valence-corrected chi connectivity index (χ1v) is 7.77. The molecule has 3 unspecified atom stereocenters. The minimum Gasteiger partial charge on any atom is -0.495 e. The monoisotopic (exact) mass is 289 g/mol. The second-order valence-corrected chi connectivity index (χ2v) is 6.19. The highest BCUT2D eigenvalue weighted by Crippen LogP contribution is 2.49. The maximum atomic E-state index is 11.9. The third-order valence-corrected chi connectivity index (χ3v) is 5.16. The number of hydrogen-bond acceptors (Lipinski definition) is 3. The summed E-state index contributed by atoms with van der Waals surface area (Å²) in [6.45, 7) is 0. The number of rotatable bonds is 2. The average molecular weight is 289 g/mol. The summed E-state index contributed by atoms with van der Waals surface area (Å²) in [5, 5.41) is 9.81. The maximum Gasteiger partial charge on any atom is 0.311 e. The molecule has 4 nitrogen and oxygen atoms in total. The van der Waals surface area contributed by atoms with E-state index in [2.05, 4.69) is 11.9 Å². The number of anilines is 1. The van der Waals surface area contributed by atoms with Gasteiger partial charge in [0, 0.05) is 13.1 Å². The number of para-hydroxylation sites is 1. The van der Waals surface area contributed by atoms with Gasteiger partial charge in [-0.2, -0.15) is 0 Å². The van der Waals surface area contributed by atoms with Crippen LogP contribution in [0.15, 0.2) is 18.2 Å². The van der Waals surface area contributed by atoms with E-state index in [1.807, 2.05) is 18.2 Å². The van der Waals surface area contributed by atoms with E-state index in [9.17, 15) is 9.90 Å². The molecular weight excluding hydrogens is 266 g/mol. The number of methoxy groups -OCH3 is 1. The number of carboxylic acids is 1. The zero-order valence-corrected chi connectivity index (χ0v) is 12.7. The van der Waals surface area contributed by atoms with Crippen molar-refractivity contribution in [1.29, 1.82) is 0 Å². The van der Waals surface area contributed by atoms with E-state index in [1.54, 1.807) is 7.11 Å². The molecule has 21 heavy (non-hydrogen) atoms. The summed E-state index contributed by atoms with van der Waals surface area (Å²) < 4.78 is 5.49. The molecule has 114 valence electrons. The lowest BCUT2D eigenvalue weighted by Crippen LogP contribution is -2.46. The lowest BCUT2D eigenvalue weighted by Gasteiger charge is -2.44. The topological polar surface area (TPSA) is 49.8 Å². The van der Waals surface area contributed by atoms with E-state index in [0.717, 1.165) is 36.3 Å². The van der Waals surface area contributed by atoms with Crippen molar-refractivity contribution in [3.63, 3.8) is 0 Å². The molecule has 0 bridgehead atoms. The van der Waals surface area contributed by atoms with E-state index >= 15 is 0 Å². The Bertz CT molecular complexity index is 543. The van der Waals surface area contributed by atoms with E-state index in [4.69, 9.17) is 4.74 Å². The minimum atomic E-state index is -0.700. The molecule has 3 rings (SSSR count). The van der Waals surface area contributed by atoms with Crippen molar-refractivity contribution in [3.8, 4) is 5.75 Å². The van der Waals surface area contributed by atoms with Gasteiger partial charge in [0.15, 0.2) is 0 Å². The fourth-order valence-electron chi connectivity index (χ4n) is 4.23. The van der Waals surface area contributed by atoms with E-state index in [1.165, 1.54) is 12.8 Å². The number of fused-ring (bicyclic) bond motifs is 2. The zero-order valence-electron chi connectivity index (χ0n) is 12.7. The van der Waals surface area contributed by atoms with Crippen LogP contribution < -0.4 is 9.64 Å². The molecule has 3 atom stereocenters. The summed E-state index contributed by atoms with van der Waals surface area (Å²) in [5.41, 5.74) is 1.88. The highest BCUT2D eigenvalue weighted by Gasteiger charge is 2.44. The summed E-state index contributed by atoms with van der Waals surface area (Å²) in [6.07, 6.45) is 5.60. The molecule has 4 heteroatoms. The molecule has 2 aliphatic rings. The Hall–Kier alpha value is -1.71. The average Bonchev–Trinajstić information content (AvgIpc) is 2.72. The first kappa shape index (κ1) is 14.2. The molecule has 0 spiro atoms. The van der Waals surface area contributed by atoms with Gasteiger partial charge < -0.3 is 14.7 Å². The van der Waals surface area contributed by atoms with Crippen LogP contribution in [0, 0.1) is 5.92 Å². The summed E-state index contributed by atoms with van der Waals surface area (Å²) in [4.78, 5) is 14.2. The van der Waals surface area contributed by atoms with Gasteiger partial charge in [-0.25, -0.2) is 0 Å². The van der Waals surface area contributed by atoms with Crippen molar-refractivity contribution in [1.82, 2.24) is 0 Å². The number of carboxylic acid groups (broad SMARTS) is 1. The lowest BCUT2D eigenvalue weighted by atomic mass is 9.74. The fourth-order valence-corrected chi connectivity index (χ4v) is 4.23.